The molecule has 2 amide bonds. The van der Waals surface area contributed by atoms with E-state index >= 15 is 0 Å². The standard InChI is InChI=1S/C19H23FN2O3/c1-19(24,16-6-4-3-5-7-16)13-22-18(23)21-11-14-8-9-17(20)15(10-14)12-25-2/h3-10,24H,11-13H2,1-2H3,(H2,21,22,23)/t19-/m0/s1. The van der Waals surface area contributed by atoms with E-state index in [2.05, 4.69) is 10.6 Å². The third kappa shape index (κ3) is 5.55. The van der Waals surface area contributed by atoms with E-state index in [1.54, 1.807) is 31.2 Å². The lowest BCUT2D eigenvalue weighted by molar-refractivity contribution is 0.0594. The van der Waals surface area contributed by atoms with Crippen molar-refractivity contribution in [3.8, 4) is 0 Å². The third-order valence-corrected chi connectivity index (χ3v) is 3.85. The number of aliphatic hydroxyl groups is 1. The zero-order chi connectivity index (χ0) is 18.3. The highest BCUT2D eigenvalue weighted by atomic mass is 19.1. The second-order valence-electron chi connectivity index (χ2n) is 6.03. The van der Waals surface area contributed by atoms with E-state index in [1.807, 2.05) is 18.2 Å². The van der Waals surface area contributed by atoms with Crippen LogP contribution in [0, 0.1) is 5.82 Å². The predicted molar refractivity (Wildman–Crippen MR) is 93.4 cm³/mol. The van der Waals surface area contributed by atoms with Crippen LogP contribution in [0.2, 0.25) is 0 Å². The van der Waals surface area contributed by atoms with Gasteiger partial charge >= 0.3 is 6.03 Å². The summed E-state index contributed by atoms with van der Waals surface area (Å²) in [6, 6.07) is 13.3. The van der Waals surface area contributed by atoms with Crippen LogP contribution in [0.25, 0.3) is 0 Å². The van der Waals surface area contributed by atoms with Crippen LogP contribution < -0.4 is 10.6 Å². The van der Waals surface area contributed by atoms with E-state index in [9.17, 15) is 14.3 Å². The Kier molecular flexibility index (Phi) is 6.50. The lowest BCUT2D eigenvalue weighted by Gasteiger charge is -2.24. The Morgan fingerprint density at radius 2 is 1.92 bits per heavy atom. The molecule has 0 radical (unpaired) electrons. The highest BCUT2D eigenvalue weighted by Gasteiger charge is 2.23. The zero-order valence-electron chi connectivity index (χ0n) is 14.4. The predicted octanol–water partition coefficient (Wildman–Crippen LogP) is 2.68. The Balaban J connectivity index is 1.86. The van der Waals surface area contributed by atoms with Gasteiger partial charge in [0, 0.05) is 19.2 Å². The van der Waals surface area contributed by atoms with Crippen LogP contribution in [0.5, 0.6) is 0 Å². The van der Waals surface area contributed by atoms with Gasteiger partial charge in [0.25, 0.3) is 0 Å². The van der Waals surface area contributed by atoms with Crippen LogP contribution in [0.3, 0.4) is 0 Å². The molecule has 0 bridgehead atoms. The van der Waals surface area contributed by atoms with Crippen molar-refractivity contribution in [2.75, 3.05) is 13.7 Å². The van der Waals surface area contributed by atoms with Gasteiger partial charge in [-0.3, -0.25) is 0 Å². The summed E-state index contributed by atoms with van der Waals surface area (Å²) < 4.78 is 18.5. The van der Waals surface area contributed by atoms with Gasteiger partial charge in [-0.15, -0.1) is 0 Å². The van der Waals surface area contributed by atoms with Crippen molar-refractivity contribution in [2.45, 2.75) is 25.7 Å². The topological polar surface area (TPSA) is 70.6 Å². The minimum atomic E-state index is -1.17. The Morgan fingerprint density at radius 1 is 1.20 bits per heavy atom. The van der Waals surface area contributed by atoms with Gasteiger partial charge in [0.2, 0.25) is 0 Å². The first-order valence-corrected chi connectivity index (χ1v) is 7.98. The summed E-state index contributed by atoms with van der Waals surface area (Å²) in [5.41, 5.74) is 0.755. The largest absolute Gasteiger partial charge is 0.384 e. The molecule has 3 N–H and O–H groups in total. The van der Waals surface area contributed by atoms with E-state index in [-0.39, 0.29) is 25.5 Å². The average Bonchev–Trinajstić information content (AvgIpc) is 2.61. The van der Waals surface area contributed by atoms with Gasteiger partial charge in [0.05, 0.1) is 13.2 Å². The summed E-state index contributed by atoms with van der Waals surface area (Å²) >= 11 is 0. The average molecular weight is 346 g/mol. The van der Waals surface area contributed by atoms with E-state index in [1.165, 1.54) is 13.2 Å². The maximum atomic E-state index is 13.6. The molecule has 0 aliphatic carbocycles. The molecule has 0 aliphatic heterocycles. The van der Waals surface area contributed by atoms with Crippen molar-refractivity contribution in [3.63, 3.8) is 0 Å². The van der Waals surface area contributed by atoms with Crippen molar-refractivity contribution < 1.29 is 19.0 Å². The first-order chi connectivity index (χ1) is 11.9. The molecule has 25 heavy (non-hydrogen) atoms. The minimum absolute atomic E-state index is 0.0706. The van der Waals surface area contributed by atoms with Crippen LogP contribution in [-0.2, 0) is 23.5 Å². The fourth-order valence-corrected chi connectivity index (χ4v) is 2.40. The number of amides is 2. The molecule has 0 unspecified atom stereocenters. The number of benzene rings is 2. The normalized spacial score (nSPS) is 13.1. The molecule has 0 aromatic heterocycles. The molecule has 1 atom stereocenters. The van der Waals surface area contributed by atoms with Crippen molar-refractivity contribution in [1.82, 2.24) is 10.6 Å². The Labute approximate surface area is 146 Å². The third-order valence-electron chi connectivity index (χ3n) is 3.85. The summed E-state index contributed by atoms with van der Waals surface area (Å²) in [5.74, 6) is -0.339. The maximum Gasteiger partial charge on any atom is 0.315 e. The molecular weight excluding hydrogens is 323 g/mol. The van der Waals surface area contributed by atoms with Gasteiger partial charge < -0.3 is 20.5 Å². The lowest BCUT2D eigenvalue weighted by atomic mass is 9.96. The first-order valence-electron chi connectivity index (χ1n) is 7.98. The highest BCUT2D eigenvalue weighted by molar-refractivity contribution is 5.73. The molecule has 2 rings (SSSR count). The molecule has 0 saturated heterocycles. The number of methoxy groups -OCH3 is 1. The van der Waals surface area contributed by atoms with Gasteiger partial charge in [-0.2, -0.15) is 0 Å². The van der Waals surface area contributed by atoms with Gasteiger partial charge in [0.1, 0.15) is 11.4 Å². The van der Waals surface area contributed by atoms with Crippen molar-refractivity contribution in [3.05, 3.63) is 71.0 Å². The van der Waals surface area contributed by atoms with Crippen molar-refractivity contribution in [2.24, 2.45) is 0 Å². The van der Waals surface area contributed by atoms with Gasteiger partial charge in [-0.1, -0.05) is 36.4 Å². The molecule has 2 aromatic rings. The summed E-state index contributed by atoms with van der Waals surface area (Å²) in [6.45, 7) is 2.13. The molecule has 6 heteroatoms. The van der Waals surface area contributed by atoms with Gasteiger partial charge in [-0.25, -0.2) is 9.18 Å². The molecule has 0 aliphatic rings. The number of hydrogen-bond acceptors (Lipinski definition) is 3. The van der Waals surface area contributed by atoms with Crippen LogP contribution in [0.1, 0.15) is 23.6 Å². The summed E-state index contributed by atoms with van der Waals surface area (Å²) in [4.78, 5) is 11.9. The number of carbonyl (C=O) groups is 1. The fraction of sp³-hybridized carbons (Fsp3) is 0.316. The number of hydrogen-bond donors (Lipinski definition) is 3. The van der Waals surface area contributed by atoms with Crippen molar-refractivity contribution in [1.29, 1.82) is 0 Å². The Bertz CT molecular complexity index is 705. The van der Waals surface area contributed by atoms with Crippen LogP contribution >= 0.6 is 0 Å². The molecule has 0 spiro atoms. The maximum absolute atomic E-state index is 13.6. The number of halogens is 1. The molecule has 134 valence electrons. The smallest absolute Gasteiger partial charge is 0.315 e. The van der Waals surface area contributed by atoms with Gasteiger partial charge in [0.15, 0.2) is 0 Å². The van der Waals surface area contributed by atoms with Crippen LogP contribution in [-0.4, -0.2) is 24.8 Å². The number of nitrogens with one attached hydrogen (secondary N) is 2. The summed E-state index contributed by atoms with van der Waals surface area (Å²) in [5, 5.41) is 15.8. The number of carbonyl (C=O) groups excluding carboxylic acids is 1. The summed E-state index contributed by atoms with van der Waals surface area (Å²) in [6.07, 6.45) is 0. The zero-order valence-corrected chi connectivity index (χ0v) is 14.4. The second-order valence-corrected chi connectivity index (χ2v) is 6.03. The Hall–Kier alpha value is -2.44. The number of rotatable bonds is 7. The molecule has 0 saturated carbocycles. The minimum Gasteiger partial charge on any atom is -0.384 e. The summed E-state index contributed by atoms with van der Waals surface area (Å²) in [7, 11) is 1.50. The number of urea groups is 1. The quantitative estimate of drug-likeness (QED) is 0.722. The van der Waals surface area contributed by atoms with Gasteiger partial charge in [-0.05, 0) is 30.2 Å². The van der Waals surface area contributed by atoms with E-state index < -0.39 is 11.6 Å². The van der Waals surface area contributed by atoms with Crippen molar-refractivity contribution >= 4 is 6.03 Å². The highest BCUT2D eigenvalue weighted by Crippen LogP contribution is 2.18. The molecule has 2 aromatic carbocycles. The van der Waals surface area contributed by atoms with E-state index in [0.29, 0.717) is 5.56 Å². The van der Waals surface area contributed by atoms with Crippen LogP contribution in [0.4, 0.5) is 9.18 Å². The second kappa shape index (κ2) is 8.60. The molecule has 5 nitrogen and oxygen atoms in total. The number of ether oxygens (including phenoxy) is 1. The Morgan fingerprint density at radius 3 is 2.60 bits per heavy atom. The first kappa shape index (κ1) is 18.9. The molecular formula is C19H23FN2O3. The van der Waals surface area contributed by atoms with E-state index in [0.717, 1.165) is 11.1 Å². The fourth-order valence-electron chi connectivity index (χ4n) is 2.40. The molecule has 0 heterocycles. The SMILES string of the molecule is COCc1cc(CNC(=O)NC[C@](C)(O)c2ccccc2)ccc1F. The molecule has 0 fully saturated rings. The monoisotopic (exact) mass is 346 g/mol. The van der Waals surface area contributed by atoms with E-state index in [4.69, 9.17) is 4.74 Å². The lowest BCUT2D eigenvalue weighted by Crippen LogP contribution is -2.43. The van der Waals surface area contributed by atoms with Crippen LogP contribution in [0.15, 0.2) is 48.5 Å².